The van der Waals surface area contributed by atoms with Crippen LogP contribution in [0.5, 0.6) is 23.0 Å². The second-order valence-corrected chi connectivity index (χ2v) is 22.3. The van der Waals surface area contributed by atoms with Gasteiger partial charge in [-0.2, -0.15) is 0 Å². The molecule has 91 heavy (non-hydrogen) atoms. The van der Waals surface area contributed by atoms with Crippen molar-refractivity contribution in [2.75, 3.05) is 59.1 Å². The monoisotopic (exact) mass is 1340 g/mol. The van der Waals surface area contributed by atoms with Crippen molar-refractivity contribution in [2.45, 2.75) is 72.4 Å². The minimum atomic E-state index is 0. The van der Waals surface area contributed by atoms with Crippen LogP contribution in [0, 0.1) is 13.8 Å². The van der Waals surface area contributed by atoms with E-state index >= 15 is 0 Å². The summed E-state index contributed by atoms with van der Waals surface area (Å²) in [6.45, 7) is 12.4. The maximum Gasteiger partial charge on any atom is 0.228 e. The van der Waals surface area contributed by atoms with E-state index in [0.717, 1.165) is 123 Å². The van der Waals surface area contributed by atoms with Crippen LogP contribution in [0.2, 0.25) is 15.7 Å². The van der Waals surface area contributed by atoms with Crippen LogP contribution in [0.25, 0.3) is 11.4 Å². The van der Waals surface area contributed by atoms with Gasteiger partial charge in [-0.15, -0.1) is 0 Å². The summed E-state index contributed by atoms with van der Waals surface area (Å²) >= 11 is 17.8. The maximum absolute atomic E-state index is 6.10. The van der Waals surface area contributed by atoms with Crippen LogP contribution in [-0.4, -0.2) is 117 Å². The summed E-state index contributed by atoms with van der Waals surface area (Å²) in [5, 5.41) is 4.32. The molecule has 8 heterocycles. The first-order valence-electron chi connectivity index (χ1n) is 28.7. The van der Waals surface area contributed by atoms with Gasteiger partial charge in [-0.05, 0) is 101 Å². The van der Waals surface area contributed by atoms with E-state index in [2.05, 4.69) is 154 Å². The van der Waals surface area contributed by atoms with E-state index in [1.807, 2.05) is 53.5 Å². The van der Waals surface area contributed by atoms with Crippen LogP contribution in [0.3, 0.4) is 0 Å². The molecule has 0 spiro atoms. The first-order chi connectivity index (χ1) is 42.8. The Labute approximate surface area is 558 Å². The molecule has 0 atom stereocenters. The first kappa shape index (κ1) is 70.3. The molecule has 21 nitrogen and oxygen atoms in total. The third kappa shape index (κ3) is 18.7. The Morgan fingerprint density at radius 1 is 0.527 bits per heavy atom. The minimum Gasteiger partial charge on any atom is -0.496 e. The van der Waals surface area contributed by atoms with E-state index in [9.17, 15) is 0 Å². The molecule has 25 heteroatoms. The van der Waals surface area contributed by atoms with Crippen molar-refractivity contribution in [1.82, 2.24) is 69.9 Å². The summed E-state index contributed by atoms with van der Waals surface area (Å²) in [4.78, 5) is 41.6. The number of fused-ring (bicyclic) bond motifs is 3. The quantitative estimate of drug-likeness (QED) is 0.0519. The summed E-state index contributed by atoms with van der Waals surface area (Å²) < 4.78 is 25.1. The van der Waals surface area contributed by atoms with E-state index < -0.39 is 0 Å². The third-order valence-corrected chi connectivity index (χ3v) is 16.0. The van der Waals surface area contributed by atoms with E-state index in [1.54, 1.807) is 51.9 Å². The average molecular weight is 1340 g/mol. The molecule has 0 saturated carbocycles. The number of aromatic nitrogens is 10. The zero-order chi connectivity index (χ0) is 61.5. The molecule has 8 N–H and O–H groups in total. The fourth-order valence-electron chi connectivity index (χ4n) is 10.6. The number of anilines is 3. The predicted octanol–water partition coefficient (Wildman–Crippen LogP) is 11.4. The Morgan fingerprint density at radius 2 is 1.00 bits per heavy atom. The van der Waals surface area contributed by atoms with E-state index in [-0.39, 0.29) is 36.4 Å². The topological polar surface area (TPSA) is 264 Å². The largest absolute Gasteiger partial charge is 0.496 e. The molecule has 3 aliphatic heterocycles. The molecule has 0 aliphatic carbocycles. The molecule has 0 unspecified atom stereocenters. The number of hydrogen-bond donors (Lipinski definition) is 3. The minimum absolute atomic E-state index is 0. The fourth-order valence-corrected chi connectivity index (χ4v) is 11.3. The second-order valence-electron chi connectivity index (χ2n) is 21.3. The SMILES string of the molecule is COc1cc(-n2cnc(N)c2)cc(OC)c1OC.COc1cc(-n2cnc(Nc3ncc4c(n3)CN(Cc3ccccc3)CC4)c2)cc(C)c1C.Clc1nc(Cl)c2c(n1)CN(Cc1ccccc1)CC2.Clc1ncc2c(n1)CN(Cc1ccccc1)CC2.N.O.[Zn]. The Hall–Kier alpha value is -8.15. The number of aryl methyl sites for hydroxylation is 1. The number of benzene rings is 5. The van der Waals surface area contributed by atoms with E-state index in [0.29, 0.717) is 45.3 Å². The van der Waals surface area contributed by atoms with E-state index in [1.165, 1.54) is 33.4 Å². The molecule has 13 rings (SSSR count). The number of nitrogen functional groups attached to an aromatic ring is 1. The number of rotatable bonds is 14. The summed E-state index contributed by atoms with van der Waals surface area (Å²) in [5.74, 6) is 4.30. The molecule has 0 fully saturated rings. The van der Waals surface area contributed by atoms with Crippen LogP contribution in [-0.2, 0) is 78.0 Å². The number of nitrogens with one attached hydrogen (secondary N) is 1. The number of methoxy groups -OCH3 is 4. The normalized spacial score (nSPS) is 13.2. The van der Waals surface area contributed by atoms with E-state index in [4.69, 9.17) is 64.5 Å². The number of nitrogens with two attached hydrogens (primary N) is 1. The van der Waals surface area contributed by atoms with Crippen molar-refractivity contribution < 1.29 is 43.9 Å². The van der Waals surface area contributed by atoms with Gasteiger partial charge in [-0.3, -0.25) is 14.7 Å². The summed E-state index contributed by atoms with van der Waals surface area (Å²) in [7, 11) is 6.41. The zero-order valence-corrected chi connectivity index (χ0v) is 57.2. The van der Waals surface area contributed by atoms with Crippen LogP contribution in [0.15, 0.2) is 153 Å². The number of halogens is 3. The van der Waals surface area contributed by atoms with Gasteiger partial charge >= 0.3 is 0 Å². The van der Waals surface area contributed by atoms with Crippen molar-refractivity contribution in [2.24, 2.45) is 0 Å². The average Bonchev–Trinajstić information content (AvgIpc) is 3.19. The summed E-state index contributed by atoms with van der Waals surface area (Å²) in [6, 6.07) is 39.3. The molecule has 472 valence electrons. The third-order valence-electron chi connectivity index (χ3n) is 15.3. The summed E-state index contributed by atoms with van der Waals surface area (Å²) in [6.07, 6.45) is 13.7. The van der Waals surface area contributed by atoms with Crippen LogP contribution >= 0.6 is 34.8 Å². The molecule has 3 aliphatic rings. The van der Waals surface area contributed by atoms with Gasteiger partial charge in [-0.1, -0.05) is 103 Å². The van der Waals surface area contributed by atoms with Crippen molar-refractivity contribution in [1.29, 1.82) is 0 Å². The first-order valence-corrected chi connectivity index (χ1v) is 29.9. The molecule has 10 aromatic rings. The van der Waals surface area contributed by atoms with Gasteiger partial charge in [0.05, 0.1) is 69.3 Å². The molecule has 0 amide bonds. The predicted molar refractivity (Wildman–Crippen MR) is 353 cm³/mol. The number of nitrogens with zero attached hydrogens (tertiary/aromatic N) is 13. The molecule has 0 saturated heterocycles. The summed E-state index contributed by atoms with van der Waals surface area (Å²) in [5.41, 5.74) is 20.3. The van der Waals surface area contributed by atoms with Crippen molar-refractivity contribution in [3.8, 4) is 34.4 Å². The van der Waals surface area contributed by atoms with Gasteiger partial charge < -0.3 is 50.8 Å². The van der Waals surface area contributed by atoms with Crippen LogP contribution in [0.4, 0.5) is 17.6 Å². The standard InChI is InChI=1S/C26H28N6O.C14H13Cl2N3.C14H14ClN3.C12H15N3O3.H3N.H2O.Zn/c1-18-11-22(12-24(33-3)19(18)2)32-16-25(28-17-32)30-26-27-13-21-9-10-31(15-23(21)29-26)14-20-7-5-4-6-8-20;15-13-11-6-7-19(8-10-4-2-1-3-5-10)9-12(11)17-14(16)18-13;15-14-16-8-12-6-7-18(10-13(12)17-14)9-11-4-2-1-3-5-11;1-16-9-4-8(15-6-11(13)14-7-15)5-10(17-2)12(9)18-3;;;/h4-8,11-13,16-17H,9-10,14-15H2,1-3H3,(H,27,29,30);1-5H,6-9H2;1-5,8H,6-7,9-10H2;4-7H,13H2,1-3H3;1H3;1H2;. The smallest absolute Gasteiger partial charge is 0.228 e. The molecular weight excluding hydrogens is 1270 g/mol. The number of ether oxygens (including phenoxy) is 4. The Morgan fingerprint density at radius 3 is 1.53 bits per heavy atom. The number of hydrogen-bond acceptors (Lipinski definition) is 18. The second kappa shape index (κ2) is 33.8. The number of imidazole rings is 2. The van der Waals surface area contributed by atoms with Crippen molar-refractivity contribution in [3.63, 3.8) is 0 Å². The van der Waals surface area contributed by atoms with Gasteiger partial charge in [0, 0.05) is 115 Å². The molecule has 5 aromatic carbocycles. The molecular formula is C66H75Cl3N16O5Zn. The van der Waals surface area contributed by atoms with Gasteiger partial charge in [-0.25, -0.2) is 39.9 Å². The van der Waals surface area contributed by atoms with Crippen LogP contribution in [0.1, 0.15) is 61.6 Å². The van der Waals surface area contributed by atoms with Gasteiger partial charge in [0.1, 0.15) is 29.4 Å². The molecule has 0 radical (unpaired) electrons. The Balaban J connectivity index is 0.000000177. The fraction of sp³-hybridized carbons (Fsp3) is 0.273. The molecule has 5 aromatic heterocycles. The van der Waals surface area contributed by atoms with Gasteiger partial charge in [0.2, 0.25) is 22.3 Å². The maximum atomic E-state index is 6.10. The van der Waals surface area contributed by atoms with Gasteiger partial charge in [0.25, 0.3) is 0 Å². The van der Waals surface area contributed by atoms with Crippen molar-refractivity contribution >= 4 is 52.4 Å². The Bertz CT molecular complexity index is 3920. The van der Waals surface area contributed by atoms with Crippen molar-refractivity contribution in [3.05, 3.63) is 230 Å². The molecule has 0 bridgehead atoms. The Kier molecular flexibility index (Phi) is 26.1. The van der Waals surface area contributed by atoms with Gasteiger partial charge in [0.15, 0.2) is 17.3 Å². The van der Waals surface area contributed by atoms with Crippen LogP contribution < -0.4 is 36.1 Å². The zero-order valence-electron chi connectivity index (χ0n) is 52.0.